The topological polar surface area (TPSA) is 57.8 Å². The van der Waals surface area contributed by atoms with Gasteiger partial charge in [-0.2, -0.15) is 5.10 Å². The molecule has 1 aromatic heterocycles. The third kappa shape index (κ3) is 4.40. The Labute approximate surface area is 247 Å². The summed E-state index contributed by atoms with van der Waals surface area (Å²) in [7, 11) is 0. The molecule has 0 saturated heterocycles. The van der Waals surface area contributed by atoms with E-state index in [1.807, 2.05) is 28.9 Å². The van der Waals surface area contributed by atoms with Crippen LogP contribution in [-0.2, 0) is 5.41 Å². The van der Waals surface area contributed by atoms with Crippen LogP contribution in [0, 0.1) is 13.8 Å². The van der Waals surface area contributed by atoms with E-state index in [9.17, 15) is 0 Å². The molecule has 7 rings (SSSR count). The van der Waals surface area contributed by atoms with Gasteiger partial charge in [0.15, 0.2) is 17.5 Å². The molecule has 3 heterocycles. The van der Waals surface area contributed by atoms with Crippen LogP contribution in [0.3, 0.4) is 0 Å². The highest BCUT2D eigenvalue weighted by Gasteiger charge is 2.41. The number of aliphatic imine (C=N–C) groups is 2. The quantitative estimate of drug-likeness (QED) is 0.245. The van der Waals surface area contributed by atoms with E-state index in [1.165, 1.54) is 16.7 Å². The highest BCUT2D eigenvalue weighted by Crippen LogP contribution is 2.48. The number of nitrogens with zero attached hydrogens (tertiary/aromatic N) is 5. The van der Waals surface area contributed by atoms with Crippen LogP contribution >= 0.6 is 0 Å². The molecule has 0 aliphatic carbocycles. The van der Waals surface area contributed by atoms with Gasteiger partial charge in [0, 0.05) is 11.3 Å². The Kier molecular flexibility index (Phi) is 6.08. The van der Waals surface area contributed by atoms with Gasteiger partial charge in [0.2, 0.25) is 0 Å². The van der Waals surface area contributed by atoms with Crippen molar-refractivity contribution in [2.75, 3.05) is 10.2 Å². The number of aromatic nitrogens is 2. The predicted octanol–water partition coefficient (Wildman–Crippen LogP) is 8.58. The summed E-state index contributed by atoms with van der Waals surface area (Å²) in [5.74, 6) is 2.30. The zero-order valence-corrected chi connectivity index (χ0v) is 24.6. The van der Waals surface area contributed by atoms with Crippen LogP contribution in [0.1, 0.15) is 54.8 Å². The summed E-state index contributed by atoms with van der Waals surface area (Å²) in [5.41, 5.74) is 9.64. The average Bonchev–Trinajstić information content (AvgIpc) is 3.32. The number of fused-ring (bicyclic) bond motifs is 4. The van der Waals surface area contributed by atoms with E-state index in [1.54, 1.807) is 0 Å². The van der Waals surface area contributed by atoms with Crippen LogP contribution in [0.15, 0.2) is 113 Å². The maximum Gasteiger partial charge on any atom is 0.179 e. The number of aryl methyl sites for hydroxylation is 2. The minimum Gasteiger partial charge on any atom is -0.337 e. The van der Waals surface area contributed by atoms with E-state index in [-0.39, 0.29) is 11.5 Å². The monoisotopic (exact) mass is 550 g/mol. The van der Waals surface area contributed by atoms with E-state index in [0.717, 1.165) is 45.7 Å². The first-order valence-electron chi connectivity index (χ1n) is 14.4. The van der Waals surface area contributed by atoms with Crippen molar-refractivity contribution in [1.82, 2.24) is 9.78 Å². The fourth-order valence-electron chi connectivity index (χ4n) is 5.89. The number of hydrogen-bond donors (Lipinski definition) is 1. The Balaban J connectivity index is 1.48. The van der Waals surface area contributed by atoms with Gasteiger partial charge in [0.05, 0.1) is 28.8 Å². The highest BCUT2D eigenvalue weighted by atomic mass is 15.4. The zero-order valence-electron chi connectivity index (χ0n) is 24.6. The summed E-state index contributed by atoms with van der Waals surface area (Å²) >= 11 is 0. The second kappa shape index (κ2) is 9.84. The Morgan fingerprint density at radius 1 is 0.762 bits per heavy atom. The molecule has 0 bridgehead atoms. The Morgan fingerprint density at radius 3 is 2.24 bits per heavy atom. The SMILES string of the molecule is Cc1cccc(NC2=Nc3ccccc3N3C2=Nc2c(c(C)nn2-c2ccccc2)[C@@H]3c2ccc(C(C)(C)C)cc2)c1. The predicted molar refractivity (Wildman–Crippen MR) is 173 cm³/mol. The first-order valence-corrected chi connectivity index (χ1v) is 14.4. The van der Waals surface area contributed by atoms with E-state index in [2.05, 4.69) is 124 Å². The molecule has 5 aromatic rings. The third-order valence-corrected chi connectivity index (χ3v) is 8.01. The van der Waals surface area contributed by atoms with Gasteiger partial charge < -0.3 is 10.2 Å². The second-order valence-corrected chi connectivity index (χ2v) is 12.1. The van der Waals surface area contributed by atoms with Crippen molar-refractivity contribution in [3.63, 3.8) is 0 Å². The first kappa shape index (κ1) is 26.0. The summed E-state index contributed by atoms with van der Waals surface area (Å²) in [6.45, 7) is 10.9. The number of nitrogens with one attached hydrogen (secondary N) is 1. The standard InChI is InChI=1S/C36H34N6/c1-23-12-11-13-27(22-23)37-33-35-39-34-31(24(2)40-42(34)28-14-7-6-8-15-28)32(25-18-20-26(21-19-25)36(3,4)5)41(35)30-17-10-9-16-29(30)38-33/h6-22,32H,1-5H3,(H,37,38)/t32-/m0/s1. The van der Waals surface area contributed by atoms with Crippen molar-refractivity contribution < 1.29 is 0 Å². The van der Waals surface area contributed by atoms with Crippen LogP contribution in [-0.4, -0.2) is 21.5 Å². The van der Waals surface area contributed by atoms with E-state index in [4.69, 9.17) is 15.1 Å². The molecule has 0 spiro atoms. The van der Waals surface area contributed by atoms with Crippen molar-refractivity contribution in [3.05, 3.63) is 131 Å². The van der Waals surface area contributed by atoms with Gasteiger partial charge in [0.25, 0.3) is 0 Å². The first-order chi connectivity index (χ1) is 20.3. The maximum absolute atomic E-state index is 5.35. The summed E-state index contributed by atoms with van der Waals surface area (Å²) in [5, 5.41) is 8.66. The van der Waals surface area contributed by atoms with Gasteiger partial charge in [-0.05, 0) is 72.4 Å². The lowest BCUT2D eigenvalue weighted by molar-refractivity contribution is 0.589. The molecule has 6 heteroatoms. The highest BCUT2D eigenvalue weighted by molar-refractivity contribution is 6.51. The number of rotatable bonds is 3. The van der Waals surface area contributed by atoms with Crippen LogP contribution in [0.4, 0.5) is 22.9 Å². The lowest BCUT2D eigenvalue weighted by Crippen LogP contribution is -2.46. The average molecular weight is 551 g/mol. The molecule has 4 aromatic carbocycles. The lowest BCUT2D eigenvalue weighted by Gasteiger charge is -2.40. The molecule has 1 atom stereocenters. The minimum absolute atomic E-state index is 0.0618. The van der Waals surface area contributed by atoms with Crippen molar-refractivity contribution in [3.8, 4) is 5.69 Å². The van der Waals surface area contributed by atoms with Gasteiger partial charge in [0.1, 0.15) is 0 Å². The van der Waals surface area contributed by atoms with E-state index < -0.39 is 0 Å². The molecule has 0 fully saturated rings. The molecular weight excluding hydrogens is 516 g/mol. The molecule has 6 nitrogen and oxygen atoms in total. The molecule has 0 unspecified atom stereocenters. The number of anilines is 2. The molecule has 2 aliphatic heterocycles. The number of amidine groups is 2. The van der Waals surface area contributed by atoms with E-state index in [0.29, 0.717) is 5.84 Å². The minimum atomic E-state index is -0.148. The summed E-state index contributed by atoms with van der Waals surface area (Å²) in [4.78, 5) is 12.8. The molecule has 0 amide bonds. The van der Waals surface area contributed by atoms with Gasteiger partial charge in [-0.1, -0.05) is 87.5 Å². The fraction of sp³-hybridized carbons (Fsp3) is 0.194. The molecule has 1 N–H and O–H groups in total. The van der Waals surface area contributed by atoms with E-state index >= 15 is 0 Å². The smallest absolute Gasteiger partial charge is 0.179 e. The van der Waals surface area contributed by atoms with Crippen molar-refractivity contribution in [2.24, 2.45) is 9.98 Å². The second-order valence-electron chi connectivity index (χ2n) is 12.1. The summed E-state index contributed by atoms with van der Waals surface area (Å²) in [6, 6.07) is 35.8. The van der Waals surface area contributed by atoms with Crippen LogP contribution in [0.5, 0.6) is 0 Å². The van der Waals surface area contributed by atoms with Crippen LogP contribution in [0.25, 0.3) is 5.69 Å². The van der Waals surface area contributed by atoms with Gasteiger partial charge in [-0.3, -0.25) is 0 Å². The van der Waals surface area contributed by atoms with Gasteiger partial charge in [-0.15, -0.1) is 0 Å². The normalized spacial score (nSPS) is 15.7. The van der Waals surface area contributed by atoms with Gasteiger partial charge >= 0.3 is 0 Å². The molecule has 0 saturated carbocycles. The number of hydrogen-bond acceptors (Lipinski definition) is 5. The van der Waals surface area contributed by atoms with Gasteiger partial charge in [-0.25, -0.2) is 14.7 Å². The molecule has 42 heavy (non-hydrogen) atoms. The largest absolute Gasteiger partial charge is 0.337 e. The summed E-state index contributed by atoms with van der Waals surface area (Å²) < 4.78 is 1.97. The Hall–Kier alpha value is -4.97. The fourth-order valence-corrected chi connectivity index (χ4v) is 5.89. The van der Waals surface area contributed by atoms with Crippen molar-refractivity contribution >= 4 is 34.6 Å². The third-order valence-electron chi connectivity index (χ3n) is 8.01. The van der Waals surface area contributed by atoms with Crippen LogP contribution < -0.4 is 10.2 Å². The Bertz CT molecular complexity index is 1860. The van der Waals surface area contributed by atoms with Crippen molar-refractivity contribution in [2.45, 2.75) is 46.1 Å². The molecule has 2 aliphatic rings. The molecular formula is C36H34N6. The number of para-hydroxylation sites is 3. The molecule has 0 radical (unpaired) electrons. The van der Waals surface area contributed by atoms with Crippen LogP contribution in [0.2, 0.25) is 0 Å². The zero-order chi connectivity index (χ0) is 29.0. The maximum atomic E-state index is 5.35. The molecule has 208 valence electrons. The number of benzene rings is 4. The Morgan fingerprint density at radius 2 is 1.50 bits per heavy atom. The summed E-state index contributed by atoms with van der Waals surface area (Å²) in [6.07, 6.45) is 0. The lowest BCUT2D eigenvalue weighted by atomic mass is 9.85. The van der Waals surface area contributed by atoms with Crippen molar-refractivity contribution in [1.29, 1.82) is 0 Å².